The van der Waals surface area contributed by atoms with Crippen molar-refractivity contribution in [3.05, 3.63) is 12.2 Å². The summed E-state index contributed by atoms with van der Waals surface area (Å²) in [5, 5.41) is 0. The molecule has 6 fully saturated rings. The molecule has 0 radical (unpaired) electrons. The minimum atomic E-state index is -0.476. The van der Waals surface area contributed by atoms with E-state index >= 15 is 0 Å². The Labute approximate surface area is 201 Å². The largest absolute Gasteiger partial charge is 0.347 e. The van der Waals surface area contributed by atoms with Gasteiger partial charge in [0.2, 0.25) is 0 Å². The lowest BCUT2D eigenvalue weighted by molar-refractivity contribution is -0.300. The van der Waals surface area contributed by atoms with E-state index in [1.54, 1.807) is 0 Å². The summed E-state index contributed by atoms with van der Waals surface area (Å²) < 4.78 is 26.1. The molecule has 2 saturated heterocycles. The van der Waals surface area contributed by atoms with Gasteiger partial charge in [-0.1, -0.05) is 32.9 Å². The molecule has 6 aliphatic rings. The smallest absolute Gasteiger partial charge is 0.172 e. The fourth-order valence-electron chi connectivity index (χ4n) is 10.4. The van der Waals surface area contributed by atoms with Crippen molar-refractivity contribution in [3.63, 3.8) is 0 Å². The summed E-state index contributed by atoms with van der Waals surface area (Å²) in [6, 6.07) is 0. The van der Waals surface area contributed by atoms with Crippen LogP contribution in [0, 0.1) is 46.3 Å². The Morgan fingerprint density at radius 1 is 0.848 bits per heavy atom. The van der Waals surface area contributed by atoms with E-state index in [0.29, 0.717) is 23.2 Å². The molecule has 10 atom stereocenters. The molecule has 33 heavy (non-hydrogen) atoms. The van der Waals surface area contributed by atoms with E-state index in [9.17, 15) is 0 Å². The van der Waals surface area contributed by atoms with Gasteiger partial charge in [0, 0.05) is 12.3 Å². The van der Waals surface area contributed by atoms with Gasteiger partial charge in [0.25, 0.3) is 0 Å². The molecule has 0 amide bonds. The Balaban J connectivity index is 1.36. The number of hydrogen-bond acceptors (Lipinski definition) is 4. The minimum absolute atomic E-state index is 0.172. The summed E-state index contributed by atoms with van der Waals surface area (Å²) in [5.41, 5.74) is 0.627. The van der Waals surface area contributed by atoms with E-state index in [0.717, 1.165) is 50.2 Å². The number of rotatable bonds is 2. The van der Waals surface area contributed by atoms with Crippen LogP contribution in [0.5, 0.6) is 0 Å². The van der Waals surface area contributed by atoms with Crippen LogP contribution in [-0.4, -0.2) is 37.0 Å². The second kappa shape index (κ2) is 7.54. The highest BCUT2D eigenvalue weighted by atomic mass is 16.8. The van der Waals surface area contributed by atoms with Crippen molar-refractivity contribution in [1.82, 2.24) is 0 Å². The lowest BCUT2D eigenvalue weighted by Crippen LogP contribution is -2.65. The van der Waals surface area contributed by atoms with Crippen molar-refractivity contribution in [2.75, 3.05) is 13.2 Å². The van der Waals surface area contributed by atoms with Gasteiger partial charge in [-0.15, -0.1) is 0 Å². The van der Waals surface area contributed by atoms with Crippen LogP contribution >= 0.6 is 0 Å². The molecule has 0 aromatic heterocycles. The Hall–Kier alpha value is -0.420. The average Bonchev–Trinajstić information content (AvgIpc) is 3.41. The third kappa shape index (κ3) is 3.22. The minimum Gasteiger partial charge on any atom is -0.347 e. The van der Waals surface area contributed by atoms with Gasteiger partial charge < -0.3 is 18.9 Å². The normalized spacial score (nSPS) is 53.0. The van der Waals surface area contributed by atoms with Gasteiger partial charge in [0.05, 0.1) is 25.4 Å². The van der Waals surface area contributed by atoms with Gasteiger partial charge in [-0.05, 0) is 99.7 Å². The van der Waals surface area contributed by atoms with Gasteiger partial charge in [-0.2, -0.15) is 0 Å². The average molecular weight is 459 g/mol. The van der Waals surface area contributed by atoms with Crippen molar-refractivity contribution < 1.29 is 18.9 Å². The Kier molecular flexibility index (Phi) is 5.26. The Morgan fingerprint density at radius 2 is 1.55 bits per heavy atom. The second-order valence-corrected chi connectivity index (χ2v) is 13.4. The first-order valence-corrected chi connectivity index (χ1v) is 13.9. The van der Waals surface area contributed by atoms with Crippen LogP contribution in [0.15, 0.2) is 12.2 Å². The van der Waals surface area contributed by atoms with Crippen molar-refractivity contribution in [2.24, 2.45) is 46.3 Å². The SMILES string of the molecule is C/C=C\[C@@H](C)[C@H]1CCC2C3CC4(OCCO4)[C@H]4CC5OC(C)(C)O[C@@H]5C[C@]4(C)C3CC[C@@]21C. The van der Waals surface area contributed by atoms with Gasteiger partial charge in [-0.25, -0.2) is 0 Å². The summed E-state index contributed by atoms with van der Waals surface area (Å²) in [6.07, 6.45) is 13.8. The highest BCUT2D eigenvalue weighted by Gasteiger charge is 2.69. The first-order chi connectivity index (χ1) is 15.6. The van der Waals surface area contributed by atoms with E-state index in [2.05, 4.69) is 53.7 Å². The molecule has 4 saturated carbocycles. The molecule has 2 heterocycles. The van der Waals surface area contributed by atoms with Crippen LogP contribution in [0.4, 0.5) is 0 Å². The van der Waals surface area contributed by atoms with Crippen molar-refractivity contribution >= 4 is 0 Å². The highest BCUT2D eigenvalue weighted by Crippen LogP contribution is 2.71. The standard InChI is InChI=1S/C29H46O4/c1-7-8-18(2)20-9-10-21-19-16-29(30-13-14-31-29)25-15-23-24(33-26(3,4)32-23)17-28(25,6)22(19)11-12-27(20,21)5/h7-8,18-25H,9-17H2,1-6H3/b8-7-/t18-,19?,20-,21?,22?,23?,24-,25+,27-,28-/m1/s1. The number of fused-ring (bicyclic) bond motifs is 7. The first-order valence-electron chi connectivity index (χ1n) is 13.9. The first kappa shape index (κ1) is 23.0. The molecule has 0 N–H and O–H groups in total. The molecule has 4 unspecified atom stereocenters. The predicted molar refractivity (Wildman–Crippen MR) is 128 cm³/mol. The van der Waals surface area contributed by atoms with Gasteiger partial charge in [0.15, 0.2) is 11.6 Å². The zero-order valence-electron chi connectivity index (χ0n) is 21.8. The molecule has 4 nitrogen and oxygen atoms in total. The summed E-state index contributed by atoms with van der Waals surface area (Å²) in [4.78, 5) is 0. The maximum atomic E-state index is 6.63. The summed E-state index contributed by atoms with van der Waals surface area (Å²) in [5.74, 6) is 3.19. The van der Waals surface area contributed by atoms with E-state index in [-0.39, 0.29) is 17.6 Å². The van der Waals surface area contributed by atoms with Gasteiger partial charge >= 0.3 is 0 Å². The molecule has 6 rings (SSSR count). The van der Waals surface area contributed by atoms with E-state index in [1.807, 2.05) is 0 Å². The Bertz CT molecular complexity index is 799. The number of allylic oxidation sites excluding steroid dienone is 2. The topological polar surface area (TPSA) is 36.9 Å². The molecular formula is C29H46O4. The summed E-state index contributed by atoms with van der Waals surface area (Å²) >= 11 is 0. The molecule has 186 valence electrons. The fourth-order valence-corrected chi connectivity index (χ4v) is 10.4. The maximum Gasteiger partial charge on any atom is 0.172 e. The van der Waals surface area contributed by atoms with E-state index in [1.165, 1.54) is 25.7 Å². The lowest BCUT2D eigenvalue weighted by atomic mass is 9.42. The van der Waals surface area contributed by atoms with Gasteiger partial charge in [-0.3, -0.25) is 0 Å². The second-order valence-electron chi connectivity index (χ2n) is 13.4. The van der Waals surface area contributed by atoms with Gasteiger partial charge in [0.1, 0.15) is 0 Å². The van der Waals surface area contributed by atoms with Crippen LogP contribution in [0.1, 0.15) is 86.5 Å². The third-order valence-electron chi connectivity index (χ3n) is 11.5. The molecule has 0 bridgehead atoms. The van der Waals surface area contributed by atoms with Crippen LogP contribution in [0.3, 0.4) is 0 Å². The number of hydrogen-bond donors (Lipinski definition) is 0. The third-order valence-corrected chi connectivity index (χ3v) is 11.5. The van der Waals surface area contributed by atoms with Crippen LogP contribution in [0.2, 0.25) is 0 Å². The molecule has 1 spiro atoms. The Morgan fingerprint density at radius 3 is 2.27 bits per heavy atom. The molecular weight excluding hydrogens is 412 g/mol. The molecule has 0 aromatic carbocycles. The summed E-state index contributed by atoms with van der Waals surface area (Å²) in [6.45, 7) is 15.5. The zero-order valence-corrected chi connectivity index (χ0v) is 21.8. The molecule has 2 aliphatic heterocycles. The fraction of sp³-hybridized carbons (Fsp3) is 0.931. The quantitative estimate of drug-likeness (QED) is 0.452. The predicted octanol–water partition coefficient (Wildman–Crippen LogP) is 6.34. The monoisotopic (exact) mass is 458 g/mol. The van der Waals surface area contributed by atoms with Crippen molar-refractivity contribution in [1.29, 1.82) is 0 Å². The van der Waals surface area contributed by atoms with Crippen LogP contribution in [0.25, 0.3) is 0 Å². The van der Waals surface area contributed by atoms with E-state index in [4.69, 9.17) is 18.9 Å². The van der Waals surface area contributed by atoms with Crippen LogP contribution in [-0.2, 0) is 18.9 Å². The van der Waals surface area contributed by atoms with Crippen molar-refractivity contribution in [2.45, 2.75) is 110 Å². The number of ether oxygens (including phenoxy) is 4. The van der Waals surface area contributed by atoms with Crippen LogP contribution < -0.4 is 0 Å². The van der Waals surface area contributed by atoms with E-state index < -0.39 is 11.6 Å². The maximum absolute atomic E-state index is 6.63. The summed E-state index contributed by atoms with van der Waals surface area (Å²) in [7, 11) is 0. The zero-order chi connectivity index (χ0) is 23.2. The highest BCUT2D eigenvalue weighted by molar-refractivity contribution is 5.16. The molecule has 4 heteroatoms. The molecule has 0 aromatic rings. The lowest BCUT2D eigenvalue weighted by Gasteiger charge is -2.65. The molecule has 4 aliphatic carbocycles. The van der Waals surface area contributed by atoms with Crippen molar-refractivity contribution in [3.8, 4) is 0 Å².